The van der Waals surface area contributed by atoms with Crippen LogP contribution in [0.25, 0.3) is 0 Å². The summed E-state index contributed by atoms with van der Waals surface area (Å²) in [5.74, 6) is 1.68. The van der Waals surface area contributed by atoms with E-state index in [1.165, 1.54) is 0 Å². The van der Waals surface area contributed by atoms with E-state index in [0.717, 1.165) is 5.56 Å². The molecule has 1 N–H and O–H groups in total. The maximum absolute atomic E-state index is 12.0. The van der Waals surface area contributed by atoms with Gasteiger partial charge in [-0.15, -0.1) is 0 Å². The molecular formula is C16H14N2O4. The van der Waals surface area contributed by atoms with Gasteiger partial charge in [0.05, 0.1) is 13.3 Å². The van der Waals surface area contributed by atoms with Crippen LogP contribution in [-0.4, -0.2) is 26.0 Å². The number of rotatable bonds is 4. The van der Waals surface area contributed by atoms with Crippen LogP contribution < -0.4 is 19.6 Å². The number of fused-ring (bicyclic) bond motifs is 1. The molecule has 0 saturated carbocycles. The Morgan fingerprint density at radius 1 is 1.23 bits per heavy atom. The second-order valence-electron chi connectivity index (χ2n) is 4.54. The first kappa shape index (κ1) is 13.9. The predicted molar refractivity (Wildman–Crippen MR) is 80.6 cm³/mol. The summed E-state index contributed by atoms with van der Waals surface area (Å²) in [6.07, 6.45) is 1.54. The summed E-state index contributed by atoms with van der Waals surface area (Å²) in [5, 5.41) is 3.94. The average molecular weight is 298 g/mol. The summed E-state index contributed by atoms with van der Waals surface area (Å²) < 4.78 is 15.6. The highest BCUT2D eigenvalue weighted by atomic mass is 16.7. The highest BCUT2D eigenvalue weighted by Gasteiger charge is 2.12. The van der Waals surface area contributed by atoms with E-state index in [0.29, 0.717) is 22.8 Å². The number of benzene rings is 2. The van der Waals surface area contributed by atoms with Gasteiger partial charge >= 0.3 is 0 Å². The van der Waals surface area contributed by atoms with Gasteiger partial charge < -0.3 is 14.2 Å². The first-order chi connectivity index (χ1) is 10.8. The van der Waals surface area contributed by atoms with Gasteiger partial charge in [0.2, 0.25) is 6.79 Å². The normalized spacial score (nSPS) is 12.4. The molecule has 0 unspecified atom stereocenters. The highest BCUT2D eigenvalue weighted by molar-refractivity contribution is 5.95. The third-order valence-corrected chi connectivity index (χ3v) is 3.11. The first-order valence-electron chi connectivity index (χ1n) is 6.63. The third kappa shape index (κ3) is 3.01. The molecule has 1 amide bonds. The van der Waals surface area contributed by atoms with Gasteiger partial charge in [0.25, 0.3) is 5.91 Å². The predicted octanol–water partition coefficient (Wildman–Crippen LogP) is 2.19. The smallest absolute Gasteiger partial charge is 0.271 e. The lowest BCUT2D eigenvalue weighted by atomic mass is 10.2. The molecule has 0 atom stereocenters. The van der Waals surface area contributed by atoms with E-state index in [4.69, 9.17) is 14.2 Å². The van der Waals surface area contributed by atoms with Gasteiger partial charge in [-0.1, -0.05) is 6.07 Å². The zero-order valence-electron chi connectivity index (χ0n) is 11.9. The number of hydrogen-bond acceptors (Lipinski definition) is 5. The van der Waals surface area contributed by atoms with E-state index in [1.54, 1.807) is 49.7 Å². The Bertz CT molecular complexity index is 728. The van der Waals surface area contributed by atoms with Crippen molar-refractivity contribution < 1.29 is 19.0 Å². The molecule has 6 nitrogen and oxygen atoms in total. The van der Waals surface area contributed by atoms with Gasteiger partial charge in [0.1, 0.15) is 5.75 Å². The number of carbonyl (C=O) groups excluding carboxylic acids is 1. The van der Waals surface area contributed by atoms with Crippen LogP contribution in [0.3, 0.4) is 0 Å². The molecular weight excluding hydrogens is 284 g/mol. The number of amides is 1. The van der Waals surface area contributed by atoms with Gasteiger partial charge in [-0.3, -0.25) is 4.79 Å². The number of hydrazone groups is 1. The lowest BCUT2D eigenvalue weighted by Gasteiger charge is -2.03. The lowest BCUT2D eigenvalue weighted by molar-refractivity contribution is 0.0955. The molecule has 0 bridgehead atoms. The van der Waals surface area contributed by atoms with Crippen molar-refractivity contribution in [3.63, 3.8) is 0 Å². The summed E-state index contributed by atoms with van der Waals surface area (Å²) >= 11 is 0. The molecule has 1 heterocycles. The fourth-order valence-electron chi connectivity index (χ4n) is 1.99. The minimum Gasteiger partial charge on any atom is -0.497 e. The highest BCUT2D eigenvalue weighted by Crippen LogP contribution is 2.31. The molecule has 1 aliphatic rings. The topological polar surface area (TPSA) is 69.2 Å². The van der Waals surface area contributed by atoms with E-state index >= 15 is 0 Å². The fraction of sp³-hybridized carbons (Fsp3) is 0.125. The summed E-state index contributed by atoms with van der Waals surface area (Å²) in [4.78, 5) is 12.0. The number of ether oxygens (including phenoxy) is 3. The molecule has 0 saturated heterocycles. The van der Waals surface area contributed by atoms with Gasteiger partial charge in [0, 0.05) is 5.56 Å². The molecule has 0 radical (unpaired) electrons. The maximum Gasteiger partial charge on any atom is 0.271 e. The maximum atomic E-state index is 12.0. The molecule has 112 valence electrons. The number of carbonyl (C=O) groups is 1. The van der Waals surface area contributed by atoms with E-state index < -0.39 is 0 Å². The average Bonchev–Trinajstić information content (AvgIpc) is 3.02. The summed E-state index contributed by atoms with van der Waals surface area (Å²) in [7, 11) is 1.55. The molecule has 2 aromatic carbocycles. The van der Waals surface area contributed by atoms with Crippen LogP contribution in [0.15, 0.2) is 47.6 Å². The molecule has 6 heteroatoms. The van der Waals surface area contributed by atoms with Gasteiger partial charge in [0.15, 0.2) is 11.5 Å². The van der Waals surface area contributed by atoms with Crippen molar-refractivity contribution in [3.8, 4) is 17.2 Å². The van der Waals surface area contributed by atoms with Crippen LogP contribution in [0, 0.1) is 0 Å². The largest absolute Gasteiger partial charge is 0.497 e. The van der Waals surface area contributed by atoms with E-state index in [9.17, 15) is 4.79 Å². The fourth-order valence-corrected chi connectivity index (χ4v) is 1.99. The monoisotopic (exact) mass is 298 g/mol. The molecule has 22 heavy (non-hydrogen) atoms. The van der Waals surface area contributed by atoms with Crippen LogP contribution in [0.2, 0.25) is 0 Å². The Labute approximate surface area is 127 Å². The number of methoxy groups -OCH3 is 1. The van der Waals surface area contributed by atoms with Crippen molar-refractivity contribution in [2.45, 2.75) is 0 Å². The van der Waals surface area contributed by atoms with E-state index in [1.807, 2.05) is 6.07 Å². The number of nitrogens with one attached hydrogen (secondary N) is 1. The summed E-state index contributed by atoms with van der Waals surface area (Å²) in [6.45, 7) is 0.225. The van der Waals surface area contributed by atoms with Crippen LogP contribution in [0.4, 0.5) is 0 Å². The minimum absolute atomic E-state index is 0.225. The molecule has 3 rings (SSSR count). The van der Waals surface area contributed by atoms with Crippen molar-refractivity contribution in [3.05, 3.63) is 53.6 Å². The lowest BCUT2D eigenvalue weighted by Crippen LogP contribution is -2.17. The minimum atomic E-state index is -0.309. The standard InChI is InChI=1S/C16H14N2O4/c1-20-13-4-2-3-12(8-13)16(19)18-17-9-11-5-6-14-15(7-11)22-10-21-14/h2-9H,10H2,1H3,(H,18,19). The molecule has 0 aliphatic carbocycles. The van der Waals surface area contributed by atoms with Crippen LogP contribution >= 0.6 is 0 Å². The second-order valence-corrected chi connectivity index (χ2v) is 4.54. The summed E-state index contributed by atoms with van der Waals surface area (Å²) in [6, 6.07) is 12.3. The zero-order chi connectivity index (χ0) is 15.4. The van der Waals surface area contributed by atoms with Crippen molar-refractivity contribution in [2.75, 3.05) is 13.9 Å². The molecule has 2 aromatic rings. The number of hydrogen-bond donors (Lipinski definition) is 1. The molecule has 0 spiro atoms. The van der Waals surface area contributed by atoms with Crippen molar-refractivity contribution in [2.24, 2.45) is 5.10 Å². The SMILES string of the molecule is COc1cccc(C(=O)NN=Cc2ccc3c(c2)OCO3)c1. The van der Waals surface area contributed by atoms with E-state index in [2.05, 4.69) is 10.5 Å². The van der Waals surface area contributed by atoms with Crippen LogP contribution in [-0.2, 0) is 0 Å². The van der Waals surface area contributed by atoms with E-state index in [-0.39, 0.29) is 12.7 Å². The van der Waals surface area contributed by atoms with Crippen molar-refractivity contribution >= 4 is 12.1 Å². The third-order valence-electron chi connectivity index (χ3n) is 3.11. The molecule has 0 aromatic heterocycles. The van der Waals surface area contributed by atoms with Crippen molar-refractivity contribution in [1.29, 1.82) is 0 Å². The Morgan fingerprint density at radius 3 is 2.95 bits per heavy atom. The van der Waals surface area contributed by atoms with Gasteiger partial charge in [-0.05, 0) is 42.0 Å². The van der Waals surface area contributed by atoms with Gasteiger partial charge in [-0.25, -0.2) is 5.43 Å². The number of nitrogens with zero attached hydrogens (tertiary/aromatic N) is 1. The van der Waals surface area contributed by atoms with Crippen LogP contribution in [0.1, 0.15) is 15.9 Å². The van der Waals surface area contributed by atoms with Gasteiger partial charge in [-0.2, -0.15) is 5.10 Å². The second kappa shape index (κ2) is 6.17. The summed E-state index contributed by atoms with van der Waals surface area (Å²) in [5.41, 5.74) is 3.74. The Balaban J connectivity index is 1.65. The Hall–Kier alpha value is -3.02. The first-order valence-corrected chi connectivity index (χ1v) is 6.63. The zero-order valence-corrected chi connectivity index (χ0v) is 11.9. The Kier molecular flexibility index (Phi) is 3.91. The quantitative estimate of drug-likeness (QED) is 0.694. The Morgan fingerprint density at radius 2 is 2.09 bits per heavy atom. The van der Waals surface area contributed by atoms with Crippen molar-refractivity contribution in [1.82, 2.24) is 5.43 Å². The van der Waals surface area contributed by atoms with Crippen LogP contribution in [0.5, 0.6) is 17.2 Å². The molecule has 1 aliphatic heterocycles. The molecule has 0 fully saturated rings.